The van der Waals surface area contributed by atoms with E-state index in [1.165, 1.54) is 6.07 Å². The van der Waals surface area contributed by atoms with Crippen molar-refractivity contribution in [2.24, 2.45) is 0 Å². The van der Waals surface area contributed by atoms with Gasteiger partial charge in [0.1, 0.15) is 5.82 Å². The van der Waals surface area contributed by atoms with Crippen molar-refractivity contribution in [2.75, 3.05) is 0 Å². The van der Waals surface area contributed by atoms with Crippen LogP contribution in [0.15, 0.2) is 40.9 Å². The molecule has 2 aromatic carbocycles. The average Bonchev–Trinajstić information content (AvgIpc) is 2.32. The smallest absolute Gasteiger partial charge is 0.127 e. The molecule has 1 unspecified atom stereocenters. The monoisotopic (exact) mass is 362 g/mol. The Kier molecular flexibility index (Phi) is 4.85. The first-order chi connectivity index (χ1) is 8.97. The van der Waals surface area contributed by atoms with E-state index in [0.29, 0.717) is 21.2 Å². The normalized spacial score (nSPS) is 12.5. The summed E-state index contributed by atoms with van der Waals surface area (Å²) in [6, 6.07) is 9.57. The lowest BCUT2D eigenvalue weighted by molar-refractivity contribution is 0.177. The van der Waals surface area contributed by atoms with Crippen molar-refractivity contribution in [3.05, 3.63) is 67.9 Å². The van der Waals surface area contributed by atoms with Crippen LogP contribution >= 0.6 is 39.1 Å². The molecule has 100 valence electrons. The summed E-state index contributed by atoms with van der Waals surface area (Å²) in [7, 11) is 0. The van der Waals surface area contributed by atoms with Gasteiger partial charge in [0.05, 0.1) is 6.10 Å². The number of benzene rings is 2. The fourth-order valence-electron chi connectivity index (χ4n) is 1.78. The van der Waals surface area contributed by atoms with Crippen LogP contribution in [-0.2, 0) is 6.42 Å². The third-order valence-corrected chi connectivity index (χ3v) is 3.81. The molecule has 0 radical (unpaired) electrons. The fraction of sp³-hybridized carbons (Fsp3) is 0.143. The van der Waals surface area contributed by atoms with Gasteiger partial charge in [-0.1, -0.05) is 51.3 Å². The Balaban J connectivity index is 2.23. The van der Waals surface area contributed by atoms with Gasteiger partial charge >= 0.3 is 0 Å². The molecule has 0 saturated heterocycles. The maximum Gasteiger partial charge on any atom is 0.127 e. The number of hydrogen-bond donors (Lipinski definition) is 1. The van der Waals surface area contributed by atoms with Crippen molar-refractivity contribution in [1.82, 2.24) is 0 Å². The summed E-state index contributed by atoms with van der Waals surface area (Å²) in [5.41, 5.74) is 0.968. The Hall–Kier alpha value is -0.610. The van der Waals surface area contributed by atoms with Gasteiger partial charge in [0, 0.05) is 20.9 Å². The summed E-state index contributed by atoms with van der Waals surface area (Å²) in [5.74, 6) is -0.431. The van der Waals surface area contributed by atoms with Gasteiger partial charge < -0.3 is 5.11 Å². The molecule has 0 bridgehead atoms. The third-order valence-electron chi connectivity index (χ3n) is 2.75. The molecule has 2 aromatic rings. The van der Waals surface area contributed by atoms with E-state index in [0.717, 1.165) is 4.47 Å². The van der Waals surface area contributed by atoms with E-state index in [-0.39, 0.29) is 6.42 Å². The summed E-state index contributed by atoms with van der Waals surface area (Å²) in [5, 5.41) is 10.9. The Labute approximate surface area is 129 Å². The first kappa shape index (κ1) is 14.8. The number of aliphatic hydroxyl groups excluding tert-OH is 1. The largest absolute Gasteiger partial charge is 0.388 e. The molecule has 0 heterocycles. The second-order valence-corrected chi connectivity index (χ2v) is 5.88. The van der Waals surface area contributed by atoms with Crippen LogP contribution in [0.4, 0.5) is 4.39 Å². The molecule has 0 aromatic heterocycles. The number of aliphatic hydroxyl groups is 1. The van der Waals surface area contributed by atoms with Crippen molar-refractivity contribution in [1.29, 1.82) is 0 Å². The molecule has 0 aliphatic carbocycles. The summed E-state index contributed by atoms with van der Waals surface area (Å²) in [6.45, 7) is 0. The minimum absolute atomic E-state index is 0.143. The second kappa shape index (κ2) is 6.23. The van der Waals surface area contributed by atoms with Crippen LogP contribution in [0.3, 0.4) is 0 Å². The van der Waals surface area contributed by atoms with E-state index < -0.39 is 11.9 Å². The Bertz CT molecular complexity index is 604. The van der Waals surface area contributed by atoms with Crippen LogP contribution in [0.25, 0.3) is 0 Å². The molecule has 0 saturated carbocycles. The molecule has 0 aliphatic heterocycles. The maximum atomic E-state index is 13.7. The highest BCUT2D eigenvalue weighted by atomic mass is 79.9. The van der Waals surface area contributed by atoms with Gasteiger partial charge in [-0.25, -0.2) is 4.39 Å². The molecule has 0 spiro atoms. The zero-order chi connectivity index (χ0) is 14.0. The van der Waals surface area contributed by atoms with Crippen molar-refractivity contribution < 1.29 is 9.50 Å². The Morgan fingerprint density at radius 3 is 2.53 bits per heavy atom. The van der Waals surface area contributed by atoms with Crippen molar-refractivity contribution in [2.45, 2.75) is 12.5 Å². The molecule has 0 fully saturated rings. The number of hydrogen-bond acceptors (Lipinski definition) is 1. The summed E-state index contributed by atoms with van der Waals surface area (Å²) in [6.07, 6.45) is -0.721. The minimum Gasteiger partial charge on any atom is -0.388 e. The van der Waals surface area contributed by atoms with Crippen LogP contribution in [0.5, 0.6) is 0 Å². The molecule has 19 heavy (non-hydrogen) atoms. The maximum absolute atomic E-state index is 13.7. The van der Waals surface area contributed by atoms with Gasteiger partial charge in [-0.2, -0.15) is 0 Å². The van der Waals surface area contributed by atoms with Crippen LogP contribution in [0, 0.1) is 5.82 Å². The lowest BCUT2D eigenvalue weighted by atomic mass is 10.0. The van der Waals surface area contributed by atoms with Crippen molar-refractivity contribution in [3.8, 4) is 0 Å². The molecule has 2 rings (SSSR count). The molecule has 1 N–H and O–H groups in total. The van der Waals surface area contributed by atoms with E-state index in [4.69, 9.17) is 23.2 Å². The zero-order valence-electron chi connectivity index (χ0n) is 9.71. The molecule has 0 amide bonds. The van der Waals surface area contributed by atoms with Gasteiger partial charge in [-0.3, -0.25) is 0 Å². The topological polar surface area (TPSA) is 20.2 Å². The average molecular weight is 364 g/mol. The highest BCUT2D eigenvalue weighted by molar-refractivity contribution is 9.10. The van der Waals surface area contributed by atoms with Crippen LogP contribution in [0.1, 0.15) is 17.2 Å². The summed E-state index contributed by atoms with van der Waals surface area (Å²) in [4.78, 5) is 0. The quantitative estimate of drug-likeness (QED) is 0.797. The second-order valence-electron chi connectivity index (χ2n) is 4.12. The predicted octanol–water partition coefficient (Wildman–Crippen LogP) is 5.17. The molecule has 0 aliphatic rings. The van der Waals surface area contributed by atoms with Crippen LogP contribution in [-0.4, -0.2) is 5.11 Å². The van der Waals surface area contributed by atoms with E-state index in [2.05, 4.69) is 15.9 Å². The van der Waals surface area contributed by atoms with Gasteiger partial charge in [-0.15, -0.1) is 0 Å². The van der Waals surface area contributed by atoms with E-state index in [9.17, 15) is 9.50 Å². The predicted molar refractivity (Wildman–Crippen MR) is 79.2 cm³/mol. The lowest BCUT2D eigenvalue weighted by Gasteiger charge is -2.13. The Morgan fingerprint density at radius 2 is 1.89 bits per heavy atom. The minimum atomic E-state index is -0.865. The first-order valence-electron chi connectivity index (χ1n) is 5.54. The molecular weight excluding hydrogens is 354 g/mol. The van der Waals surface area contributed by atoms with E-state index in [1.54, 1.807) is 30.3 Å². The number of rotatable bonds is 3. The van der Waals surface area contributed by atoms with Gasteiger partial charge in [-0.05, 0) is 35.4 Å². The Morgan fingerprint density at radius 1 is 1.16 bits per heavy atom. The third kappa shape index (κ3) is 3.69. The van der Waals surface area contributed by atoms with Crippen molar-refractivity contribution >= 4 is 39.1 Å². The standard InChI is InChI=1S/C14H10BrCl2FO/c15-9-2-4-11(12(17)6-9)14(19)5-8-1-3-10(16)7-13(8)18/h1-4,6-7,14,19H,5H2. The summed E-state index contributed by atoms with van der Waals surface area (Å²) >= 11 is 15.0. The van der Waals surface area contributed by atoms with E-state index >= 15 is 0 Å². The molecular formula is C14H10BrCl2FO. The van der Waals surface area contributed by atoms with E-state index in [1.807, 2.05) is 0 Å². The molecule has 1 nitrogen and oxygen atoms in total. The molecule has 1 atom stereocenters. The van der Waals surface area contributed by atoms with Crippen LogP contribution in [0.2, 0.25) is 10.0 Å². The van der Waals surface area contributed by atoms with Gasteiger partial charge in [0.25, 0.3) is 0 Å². The van der Waals surface area contributed by atoms with Crippen LogP contribution < -0.4 is 0 Å². The van der Waals surface area contributed by atoms with Crippen molar-refractivity contribution in [3.63, 3.8) is 0 Å². The first-order valence-corrected chi connectivity index (χ1v) is 7.09. The highest BCUT2D eigenvalue weighted by Gasteiger charge is 2.15. The lowest BCUT2D eigenvalue weighted by Crippen LogP contribution is -2.04. The fourth-order valence-corrected chi connectivity index (χ4v) is 2.74. The molecule has 5 heteroatoms. The van der Waals surface area contributed by atoms with Gasteiger partial charge in [0.2, 0.25) is 0 Å². The van der Waals surface area contributed by atoms with Gasteiger partial charge in [0.15, 0.2) is 0 Å². The number of halogens is 4. The SMILES string of the molecule is OC(Cc1ccc(Cl)cc1F)c1ccc(Br)cc1Cl. The summed E-state index contributed by atoms with van der Waals surface area (Å²) < 4.78 is 14.5. The zero-order valence-corrected chi connectivity index (χ0v) is 12.8. The highest BCUT2D eigenvalue weighted by Crippen LogP contribution is 2.29.